The number of carbonyl (C=O) groups is 2. The molecule has 0 spiro atoms. The average Bonchev–Trinajstić information content (AvgIpc) is 2.63. The van der Waals surface area contributed by atoms with E-state index in [0.29, 0.717) is 5.75 Å². The van der Waals surface area contributed by atoms with Crippen LogP contribution >= 0.6 is 0 Å². The number of methoxy groups -OCH3 is 1. The minimum atomic E-state index is -0.763. The van der Waals surface area contributed by atoms with Crippen LogP contribution in [0.1, 0.15) is 12.5 Å². The Balaban J connectivity index is 2.02. The maximum Gasteiger partial charge on any atom is 0.315 e. The minimum Gasteiger partial charge on any atom is -0.496 e. The first-order valence-corrected chi connectivity index (χ1v) is 7.99. The predicted molar refractivity (Wildman–Crippen MR) is 94.3 cm³/mol. The van der Waals surface area contributed by atoms with E-state index in [1.807, 2.05) is 36.4 Å². The van der Waals surface area contributed by atoms with Crippen LogP contribution in [0.5, 0.6) is 5.75 Å². The molecule has 2 rings (SSSR count). The van der Waals surface area contributed by atoms with Crippen molar-refractivity contribution in [2.24, 2.45) is 0 Å². The lowest BCUT2D eigenvalue weighted by Gasteiger charge is -2.16. The highest BCUT2D eigenvalue weighted by Gasteiger charge is 2.15. The first-order chi connectivity index (χ1) is 12.1. The van der Waals surface area contributed by atoms with Crippen molar-refractivity contribution in [3.05, 3.63) is 42.0 Å². The van der Waals surface area contributed by atoms with Crippen molar-refractivity contribution >= 4 is 22.7 Å². The van der Waals surface area contributed by atoms with Crippen LogP contribution in [0, 0.1) is 0 Å². The van der Waals surface area contributed by atoms with Gasteiger partial charge in [-0.15, -0.1) is 0 Å². The number of benzene rings is 2. The Morgan fingerprint density at radius 3 is 2.64 bits per heavy atom. The zero-order chi connectivity index (χ0) is 18.2. The highest BCUT2D eigenvalue weighted by Crippen LogP contribution is 2.27. The Hall–Kier alpha value is -2.83. The summed E-state index contributed by atoms with van der Waals surface area (Å²) >= 11 is 0. The number of fused-ring (bicyclic) bond motifs is 1. The molecule has 1 atom stereocenters. The van der Waals surface area contributed by atoms with E-state index in [4.69, 9.17) is 4.74 Å². The monoisotopic (exact) mass is 347 g/mol. The largest absolute Gasteiger partial charge is 0.496 e. The standard InChI is InChI=1S/C18H22FN3O3/c1-12(17(23)20-10-9-19)22-18(24)21-11-15-14-6-4-3-5-13(14)7-8-16(15)25-2/h3-8,12H,9-11H2,1-2H3,(H,20,23)(H2,21,22,24)/t12-/m0/s1. The number of alkyl halides is 1. The van der Waals surface area contributed by atoms with E-state index in [-0.39, 0.29) is 13.1 Å². The predicted octanol–water partition coefficient (Wildman–Crippen LogP) is 2.12. The summed E-state index contributed by atoms with van der Waals surface area (Å²) in [5.74, 6) is 0.239. The van der Waals surface area contributed by atoms with Crippen LogP contribution in [0.15, 0.2) is 36.4 Å². The number of rotatable bonds is 7. The molecular weight excluding hydrogens is 325 g/mol. The molecule has 6 nitrogen and oxygen atoms in total. The summed E-state index contributed by atoms with van der Waals surface area (Å²) in [7, 11) is 1.57. The molecule has 2 aromatic rings. The molecule has 7 heteroatoms. The SMILES string of the molecule is COc1ccc2ccccc2c1CNC(=O)N[C@@H](C)C(=O)NCCF. The van der Waals surface area contributed by atoms with Gasteiger partial charge < -0.3 is 20.7 Å². The van der Waals surface area contributed by atoms with Gasteiger partial charge in [0, 0.05) is 18.7 Å². The zero-order valence-electron chi connectivity index (χ0n) is 14.3. The zero-order valence-corrected chi connectivity index (χ0v) is 14.3. The molecule has 0 aliphatic heterocycles. The van der Waals surface area contributed by atoms with Gasteiger partial charge in [0.25, 0.3) is 0 Å². The number of amides is 3. The second kappa shape index (κ2) is 8.86. The number of nitrogens with one attached hydrogen (secondary N) is 3. The fourth-order valence-electron chi connectivity index (χ4n) is 2.49. The number of ether oxygens (including phenoxy) is 1. The molecule has 3 amide bonds. The molecule has 0 heterocycles. The van der Waals surface area contributed by atoms with Gasteiger partial charge in [0.1, 0.15) is 18.5 Å². The third kappa shape index (κ3) is 4.82. The molecule has 0 radical (unpaired) electrons. The van der Waals surface area contributed by atoms with E-state index in [2.05, 4.69) is 16.0 Å². The van der Waals surface area contributed by atoms with Gasteiger partial charge in [0.2, 0.25) is 5.91 Å². The molecule has 0 saturated carbocycles. The summed E-state index contributed by atoms with van der Waals surface area (Å²) in [6.45, 7) is 1.06. The summed E-state index contributed by atoms with van der Waals surface area (Å²) in [5.41, 5.74) is 0.852. The van der Waals surface area contributed by atoms with Crippen molar-refractivity contribution in [3.63, 3.8) is 0 Å². The van der Waals surface area contributed by atoms with Crippen molar-refractivity contribution in [2.75, 3.05) is 20.3 Å². The van der Waals surface area contributed by atoms with Crippen molar-refractivity contribution in [1.82, 2.24) is 16.0 Å². The minimum absolute atomic E-state index is 0.0698. The van der Waals surface area contributed by atoms with Crippen LogP contribution in [-0.4, -0.2) is 38.3 Å². The molecule has 134 valence electrons. The third-order valence-corrected chi connectivity index (χ3v) is 3.78. The van der Waals surface area contributed by atoms with Gasteiger partial charge in [-0.25, -0.2) is 9.18 Å². The fourth-order valence-corrected chi connectivity index (χ4v) is 2.49. The summed E-state index contributed by atoms with van der Waals surface area (Å²) in [4.78, 5) is 23.7. The van der Waals surface area contributed by atoms with Gasteiger partial charge in [0.05, 0.1) is 7.11 Å². The van der Waals surface area contributed by atoms with Crippen LogP contribution in [0.25, 0.3) is 10.8 Å². The van der Waals surface area contributed by atoms with Gasteiger partial charge in [-0.2, -0.15) is 0 Å². The van der Waals surface area contributed by atoms with Crippen molar-refractivity contribution in [2.45, 2.75) is 19.5 Å². The molecule has 0 fully saturated rings. The van der Waals surface area contributed by atoms with Gasteiger partial charge in [-0.05, 0) is 23.8 Å². The number of hydrogen-bond donors (Lipinski definition) is 3. The lowest BCUT2D eigenvalue weighted by atomic mass is 10.0. The Kier molecular flexibility index (Phi) is 6.56. The highest BCUT2D eigenvalue weighted by atomic mass is 19.1. The first-order valence-electron chi connectivity index (χ1n) is 7.99. The average molecular weight is 347 g/mol. The molecule has 3 N–H and O–H groups in total. The van der Waals surface area contributed by atoms with Crippen molar-refractivity contribution in [3.8, 4) is 5.75 Å². The third-order valence-electron chi connectivity index (χ3n) is 3.78. The van der Waals surface area contributed by atoms with E-state index in [0.717, 1.165) is 16.3 Å². The molecule has 0 saturated heterocycles. The maximum absolute atomic E-state index is 12.1. The van der Waals surface area contributed by atoms with E-state index in [1.54, 1.807) is 7.11 Å². The second-order valence-electron chi connectivity index (χ2n) is 5.50. The molecule has 25 heavy (non-hydrogen) atoms. The molecule has 2 aromatic carbocycles. The van der Waals surface area contributed by atoms with Gasteiger partial charge in [-0.1, -0.05) is 30.3 Å². The van der Waals surface area contributed by atoms with Gasteiger partial charge >= 0.3 is 6.03 Å². The number of halogens is 1. The summed E-state index contributed by atoms with van der Waals surface area (Å²) in [6.07, 6.45) is 0. The van der Waals surface area contributed by atoms with Crippen LogP contribution in [-0.2, 0) is 11.3 Å². The van der Waals surface area contributed by atoms with Crippen LogP contribution in [0.4, 0.5) is 9.18 Å². The highest BCUT2D eigenvalue weighted by molar-refractivity contribution is 5.89. The molecule has 0 aliphatic carbocycles. The van der Waals surface area contributed by atoms with Crippen LogP contribution in [0.2, 0.25) is 0 Å². The second-order valence-corrected chi connectivity index (χ2v) is 5.50. The molecule has 0 aromatic heterocycles. The Labute approximate surface area is 145 Å². The van der Waals surface area contributed by atoms with E-state index in [1.165, 1.54) is 6.92 Å². The molecular formula is C18H22FN3O3. The molecule has 0 unspecified atom stereocenters. The van der Waals surface area contributed by atoms with Gasteiger partial charge in [0.15, 0.2) is 0 Å². The Morgan fingerprint density at radius 2 is 1.92 bits per heavy atom. The first kappa shape index (κ1) is 18.5. The van der Waals surface area contributed by atoms with Crippen LogP contribution in [0.3, 0.4) is 0 Å². The fraction of sp³-hybridized carbons (Fsp3) is 0.333. The van der Waals surface area contributed by atoms with E-state index >= 15 is 0 Å². The van der Waals surface area contributed by atoms with E-state index in [9.17, 15) is 14.0 Å². The Morgan fingerprint density at radius 1 is 1.16 bits per heavy atom. The summed E-state index contributed by atoms with van der Waals surface area (Å²) in [6, 6.07) is 10.4. The van der Waals surface area contributed by atoms with Crippen molar-refractivity contribution in [1.29, 1.82) is 0 Å². The normalized spacial score (nSPS) is 11.6. The summed E-state index contributed by atoms with van der Waals surface area (Å²) < 4.78 is 17.4. The van der Waals surface area contributed by atoms with Crippen LogP contribution < -0.4 is 20.7 Å². The number of urea groups is 1. The number of hydrogen-bond acceptors (Lipinski definition) is 3. The summed E-state index contributed by atoms with van der Waals surface area (Å²) in [5, 5.41) is 9.64. The quantitative estimate of drug-likeness (QED) is 0.718. The number of carbonyl (C=O) groups excluding carboxylic acids is 2. The molecule has 0 bridgehead atoms. The topological polar surface area (TPSA) is 79.5 Å². The van der Waals surface area contributed by atoms with Crippen molar-refractivity contribution < 1.29 is 18.7 Å². The lowest BCUT2D eigenvalue weighted by Crippen LogP contribution is -2.48. The van der Waals surface area contributed by atoms with Gasteiger partial charge in [-0.3, -0.25) is 4.79 Å². The van der Waals surface area contributed by atoms with E-state index < -0.39 is 24.7 Å². The Bertz CT molecular complexity index is 751. The smallest absolute Gasteiger partial charge is 0.315 e. The molecule has 0 aliphatic rings. The lowest BCUT2D eigenvalue weighted by molar-refractivity contribution is -0.122. The maximum atomic E-state index is 12.1.